The highest BCUT2D eigenvalue weighted by molar-refractivity contribution is 5.94. The molecule has 126 valence electrons. The largest absolute Gasteiger partial charge is 0.446 e. The van der Waals surface area contributed by atoms with Gasteiger partial charge in [-0.25, -0.2) is 9.79 Å². The van der Waals surface area contributed by atoms with Crippen LogP contribution in [0.3, 0.4) is 0 Å². The van der Waals surface area contributed by atoms with Crippen molar-refractivity contribution in [3.63, 3.8) is 0 Å². The number of rotatable bonds is 5. The minimum absolute atomic E-state index is 0.0818. The SMILES string of the molecule is C=C[C@H](NC(=O)OC1CCCC1)C(=O)N1CCC[C@H]1C(=O)N=C. The standard InChI is InChI=1S/C16H23N3O4/c1-3-12(18-16(22)23-11-7-4-5-8-11)15(21)19-10-6-9-13(19)14(20)17-2/h3,11-13H,1-2,4-10H2,(H,18,22)/t12-,13-/m0/s1. The van der Waals surface area contributed by atoms with Crippen LogP contribution in [0, 0.1) is 0 Å². The molecular formula is C16H23N3O4. The summed E-state index contributed by atoms with van der Waals surface area (Å²) < 4.78 is 5.29. The third-order valence-corrected chi connectivity index (χ3v) is 4.33. The Bertz CT molecular complexity index is 500. The molecule has 2 atom stereocenters. The Labute approximate surface area is 135 Å². The number of likely N-dealkylation sites (tertiary alicyclic amines) is 1. The maximum atomic E-state index is 12.6. The summed E-state index contributed by atoms with van der Waals surface area (Å²) in [6.45, 7) is 7.27. The highest BCUT2D eigenvalue weighted by Gasteiger charge is 2.36. The number of nitrogens with zero attached hydrogens (tertiary/aromatic N) is 2. The smallest absolute Gasteiger partial charge is 0.408 e. The molecule has 3 amide bonds. The van der Waals surface area contributed by atoms with E-state index >= 15 is 0 Å². The number of amides is 3. The van der Waals surface area contributed by atoms with E-state index in [0.717, 1.165) is 25.7 Å². The quantitative estimate of drug-likeness (QED) is 0.613. The number of carbonyl (C=O) groups excluding carboxylic acids is 3. The van der Waals surface area contributed by atoms with Crippen molar-refractivity contribution in [1.82, 2.24) is 10.2 Å². The maximum Gasteiger partial charge on any atom is 0.408 e. The predicted molar refractivity (Wildman–Crippen MR) is 85.1 cm³/mol. The molecule has 0 spiro atoms. The van der Waals surface area contributed by atoms with E-state index in [1.807, 2.05) is 0 Å². The summed E-state index contributed by atoms with van der Waals surface area (Å²) in [4.78, 5) is 41.0. The molecule has 0 aromatic rings. The van der Waals surface area contributed by atoms with Crippen LogP contribution in [0.2, 0.25) is 0 Å². The van der Waals surface area contributed by atoms with E-state index in [2.05, 4.69) is 23.6 Å². The monoisotopic (exact) mass is 321 g/mol. The fraction of sp³-hybridized carbons (Fsp3) is 0.625. The van der Waals surface area contributed by atoms with Crippen molar-refractivity contribution < 1.29 is 19.1 Å². The predicted octanol–water partition coefficient (Wildman–Crippen LogP) is 1.43. The van der Waals surface area contributed by atoms with Crippen molar-refractivity contribution in [2.75, 3.05) is 6.54 Å². The third kappa shape index (κ3) is 4.18. The summed E-state index contributed by atoms with van der Waals surface area (Å²) in [6, 6.07) is -1.52. The number of aliphatic imine (C=N–C) groups is 1. The average molecular weight is 321 g/mol. The van der Waals surface area contributed by atoms with E-state index in [1.54, 1.807) is 0 Å². The minimum Gasteiger partial charge on any atom is -0.446 e. The van der Waals surface area contributed by atoms with Gasteiger partial charge in [-0.3, -0.25) is 9.59 Å². The summed E-state index contributed by atoms with van der Waals surface area (Å²) in [6.07, 6.45) is 5.72. The second-order valence-electron chi connectivity index (χ2n) is 5.86. The van der Waals surface area contributed by atoms with E-state index in [4.69, 9.17) is 4.74 Å². The first kappa shape index (κ1) is 17.2. The fourth-order valence-electron chi connectivity index (χ4n) is 3.11. The van der Waals surface area contributed by atoms with Crippen molar-refractivity contribution in [3.05, 3.63) is 12.7 Å². The Morgan fingerprint density at radius 2 is 1.91 bits per heavy atom. The lowest BCUT2D eigenvalue weighted by atomic mass is 10.2. The zero-order chi connectivity index (χ0) is 16.8. The van der Waals surface area contributed by atoms with Crippen LogP contribution >= 0.6 is 0 Å². The second kappa shape index (κ2) is 7.89. The first-order chi connectivity index (χ1) is 11.1. The van der Waals surface area contributed by atoms with Gasteiger partial charge in [-0.15, -0.1) is 6.58 Å². The Morgan fingerprint density at radius 3 is 2.52 bits per heavy atom. The number of nitrogens with one attached hydrogen (secondary N) is 1. The topological polar surface area (TPSA) is 88.1 Å². The lowest BCUT2D eigenvalue weighted by Gasteiger charge is -2.26. The van der Waals surface area contributed by atoms with E-state index in [-0.39, 0.29) is 12.0 Å². The molecule has 1 heterocycles. The molecule has 0 bridgehead atoms. The Morgan fingerprint density at radius 1 is 1.22 bits per heavy atom. The molecule has 1 N–H and O–H groups in total. The fourth-order valence-corrected chi connectivity index (χ4v) is 3.11. The Kier molecular flexibility index (Phi) is 5.90. The van der Waals surface area contributed by atoms with Crippen molar-refractivity contribution in [3.8, 4) is 0 Å². The molecule has 7 heteroatoms. The molecule has 0 aromatic heterocycles. The van der Waals surface area contributed by atoms with Crippen molar-refractivity contribution >= 4 is 24.6 Å². The lowest BCUT2D eigenvalue weighted by molar-refractivity contribution is -0.137. The van der Waals surface area contributed by atoms with E-state index < -0.39 is 24.1 Å². The van der Waals surface area contributed by atoms with Gasteiger partial charge in [0.15, 0.2) is 0 Å². The Balaban J connectivity index is 1.94. The molecule has 2 aliphatic rings. The number of hydrogen-bond acceptors (Lipinski definition) is 4. The van der Waals surface area contributed by atoms with Crippen molar-refractivity contribution in [2.24, 2.45) is 4.99 Å². The number of hydrogen-bond donors (Lipinski definition) is 1. The highest BCUT2D eigenvalue weighted by atomic mass is 16.6. The molecule has 1 aliphatic carbocycles. The zero-order valence-corrected chi connectivity index (χ0v) is 13.2. The molecule has 1 aliphatic heterocycles. The van der Waals surface area contributed by atoms with Crippen molar-refractivity contribution in [1.29, 1.82) is 0 Å². The van der Waals surface area contributed by atoms with Crippen LogP contribution in [-0.2, 0) is 14.3 Å². The molecule has 7 nitrogen and oxygen atoms in total. The number of carbonyl (C=O) groups is 3. The molecule has 0 aromatic carbocycles. The molecular weight excluding hydrogens is 298 g/mol. The zero-order valence-electron chi connectivity index (χ0n) is 13.2. The van der Waals surface area contributed by atoms with Gasteiger partial charge < -0.3 is 15.0 Å². The van der Waals surface area contributed by atoms with Gasteiger partial charge in [-0.2, -0.15) is 0 Å². The van der Waals surface area contributed by atoms with Crippen LogP contribution in [0.15, 0.2) is 17.6 Å². The van der Waals surface area contributed by atoms with E-state index in [1.165, 1.54) is 11.0 Å². The summed E-state index contributed by atoms with van der Waals surface area (Å²) in [7, 11) is 0. The molecule has 23 heavy (non-hydrogen) atoms. The summed E-state index contributed by atoms with van der Waals surface area (Å²) >= 11 is 0. The molecule has 2 fully saturated rings. The van der Waals surface area contributed by atoms with Gasteiger partial charge in [0.25, 0.3) is 5.91 Å². The average Bonchev–Trinajstić information content (AvgIpc) is 3.22. The first-order valence-electron chi connectivity index (χ1n) is 7.97. The summed E-state index contributed by atoms with van der Waals surface area (Å²) in [5.74, 6) is -0.796. The summed E-state index contributed by atoms with van der Waals surface area (Å²) in [5.41, 5.74) is 0. The number of alkyl carbamates (subject to hydrolysis) is 1. The highest BCUT2D eigenvalue weighted by Crippen LogP contribution is 2.22. The molecule has 0 radical (unpaired) electrons. The lowest BCUT2D eigenvalue weighted by Crippen LogP contribution is -2.51. The van der Waals surface area contributed by atoms with Crippen LogP contribution in [0.1, 0.15) is 38.5 Å². The van der Waals surface area contributed by atoms with Crippen LogP contribution in [-0.4, -0.2) is 54.3 Å². The van der Waals surface area contributed by atoms with E-state index in [9.17, 15) is 14.4 Å². The maximum absolute atomic E-state index is 12.6. The van der Waals surface area contributed by atoms with Gasteiger partial charge in [0.1, 0.15) is 18.2 Å². The minimum atomic E-state index is -0.915. The van der Waals surface area contributed by atoms with Gasteiger partial charge in [0, 0.05) is 6.54 Å². The van der Waals surface area contributed by atoms with Crippen LogP contribution in [0.25, 0.3) is 0 Å². The second-order valence-corrected chi connectivity index (χ2v) is 5.86. The normalized spacial score (nSPS) is 22.4. The van der Waals surface area contributed by atoms with Gasteiger partial charge in [-0.1, -0.05) is 6.08 Å². The van der Waals surface area contributed by atoms with Gasteiger partial charge in [0.2, 0.25) is 5.91 Å². The first-order valence-corrected chi connectivity index (χ1v) is 7.97. The van der Waals surface area contributed by atoms with Gasteiger partial charge in [-0.05, 0) is 45.2 Å². The van der Waals surface area contributed by atoms with Gasteiger partial charge >= 0.3 is 6.09 Å². The molecule has 1 saturated carbocycles. The Hall–Kier alpha value is -2.18. The van der Waals surface area contributed by atoms with Crippen LogP contribution in [0.4, 0.5) is 4.79 Å². The van der Waals surface area contributed by atoms with E-state index in [0.29, 0.717) is 19.4 Å². The molecule has 1 saturated heterocycles. The third-order valence-electron chi connectivity index (χ3n) is 4.33. The van der Waals surface area contributed by atoms with Gasteiger partial charge in [0.05, 0.1) is 0 Å². The number of ether oxygens (including phenoxy) is 1. The van der Waals surface area contributed by atoms with Crippen LogP contribution in [0.5, 0.6) is 0 Å². The van der Waals surface area contributed by atoms with Crippen LogP contribution < -0.4 is 5.32 Å². The molecule has 2 rings (SSSR count). The molecule has 0 unspecified atom stereocenters. The summed E-state index contributed by atoms with van der Waals surface area (Å²) in [5, 5.41) is 2.52. The van der Waals surface area contributed by atoms with Crippen molar-refractivity contribution in [2.45, 2.75) is 56.7 Å².